The number of aryl methyl sites for hydroxylation is 1. The second kappa shape index (κ2) is 4.64. The van der Waals surface area contributed by atoms with Crippen molar-refractivity contribution in [1.29, 1.82) is 0 Å². The number of nitrogens with two attached hydrogens (primary N) is 1. The van der Waals surface area contributed by atoms with Crippen LogP contribution in [0.4, 0.5) is 0 Å². The lowest BCUT2D eigenvalue weighted by atomic mass is 9.91. The van der Waals surface area contributed by atoms with Gasteiger partial charge in [-0.3, -0.25) is 0 Å². The van der Waals surface area contributed by atoms with Crippen molar-refractivity contribution in [3.05, 3.63) is 33.3 Å². The molecule has 0 saturated carbocycles. The third-order valence-corrected chi connectivity index (χ3v) is 4.21. The molecule has 0 fully saturated rings. The summed E-state index contributed by atoms with van der Waals surface area (Å²) in [5.41, 5.74) is 8.93. The van der Waals surface area contributed by atoms with Gasteiger partial charge in [-0.2, -0.15) is 0 Å². The first-order chi connectivity index (χ1) is 6.96. The predicted octanol–water partition coefficient (Wildman–Crippen LogP) is 2.89. The van der Waals surface area contributed by atoms with Crippen LogP contribution in [0.1, 0.15) is 23.6 Å². The van der Waals surface area contributed by atoms with E-state index in [0.717, 1.165) is 10.0 Å². The van der Waals surface area contributed by atoms with Gasteiger partial charge in [0.05, 0.1) is 0 Å². The fraction of sp³-hybridized carbons (Fsp3) is 0.500. The van der Waals surface area contributed by atoms with Crippen LogP contribution in [0.3, 0.4) is 0 Å². The zero-order valence-electron chi connectivity index (χ0n) is 9.73. The fourth-order valence-corrected chi connectivity index (χ4v) is 2.04. The number of hydrogen-bond acceptors (Lipinski definition) is 2. The van der Waals surface area contributed by atoms with Crippen LogP contribution in [-0.2, 0) is 10.3 Å². The molecule has 3 heteroatoms. The summed E-state index contributed by atoms with van der Waals surface area (Å²) in [6.07, 6.45) is 0. The van der Waals surface area contributed by atoms with Gasteiger partial charge >= 0.3 is 0 Å². The lowest BCUT2D eigenvalue weighted by Crippen LogP contribution is -2.34. The molecule has 0 aliphatic heterocycles. The van der Waals surface area contributed by atoms with E-state index in [-0.39, 0.29) is 0 Å². The standard InChI is InChI=1S/C12H18BrNO/c1-8-5-6-10(9(2)11(8)13)12(3,7-14)15-4/h5-6H,7,14H2,1-4H3. The van der Waals surface area contributed by atoms with Crippen molar-refractivity contribution in [2.45, 2.75) is 26.4 Å². The van der Waals surface area contributed by atoms with Crippen molar-refractivity contribution in [2.75, 3.05) is 13.7 Å². The molecule has 0 amide bonds. The first-order valence-electron chi connectivity index (χ1n) is 4.97. The Morgan fingerprint density at radius 3 is 2.47 bits per heavy atom. The van der Waals surface area contributed by atoms with Crippen LogP contribution < -0.4 is 5.73 Å². The Hall–Kier alpha value is -0.380. The first-order valence-corrected chi connectivity index (χ1v) is 5.77. The number of halogens is 1. The molecule has 0 saturated heterocycles. The first kappa shape index (κ1) is 12.7. The Bertz CT molecular complexity index is 359. The number of hydrogen-bond donors (Lipinski definition) is 1. The Kier molecular flexibility index (Phi) is 3.93. The summed E-state index contributed by atoms with van der Waals surface area (Å²) in [5.74, 6) is 0. The highest BCUT2D eigenvalue weighted by Crippen LogP contribution is 2.32. The number of ether oxygens (including phenoxy) is 1. The van der Waals surface area contributed by atoms with Crippen LogP contribution in [0, 0.1) is 13.8 Å². The Balaban J connectivity index is 3.32. The van der Waals surface area contributed by atoms with Crippen LogP contribution >= 0.6 is 15.9 Å². The summed E-state index contributed by atoms with van der Waals surface area (Å²) < 4.78 is 6.64. The Morgan fingerprint density at radius 1 is 1.40 bits per heavy atom. The van der Waals surface area contributed by atoms with Gasteiger partial charge < -0.3 is 10.5 Å². The van der Waals surface area contributed by atoms with E-state index in [1.807, 2.05) is 6.92 Å². The van der Waals surface area contributed by atoms with Gasteiger partial charge in [-0.25, -0.2) is 0 Å². The highest BCUT2D eigenvalue weighted by Gasteiger charge is 2.26. The van der Waals surface area contributed by atoms with Crippen molar-refractivity contribution < 1.29 is 4.74 Å². The summed E-state index contributed by atoms with van der Waals surface area (Å²) in [7, 11) is 1.69. The zero-order chi connectivity index (χ0) is 11.6. The predicted molar refractivity (Wildman–Crippen MR) is 67.0 cm³/mol. The second-order valence-electron chi connectivity index (χ2n) is 4.01. The minimum absolute atomic E-state index is 0.402. The third kappa shape index (κ3) is 2.25. The Morgan fingerprint density at radius 2 is 2.00 bits per heavy atom. The fourth-order valence-electron chi connectivity index (χ4n) is 1.70. The maximum atomic E-state index is 5.77. The van der Waals surface area contributed by atoms with E-state index in [1.165, 1.54) is 11.1 Å². The van der Waals surface area contributed by atoms with Crippen LogP contribution in [0.2, 0.25) is 0 Å². The molecule has 84 valence electrons. The lowest BCUT2D eigenvalue weighted by molar-refractivity contribution is 0.00950. The maximum absolute atomic E-state index is 5.77. The molecule has 1 aromatic carbocycles. The van der Waals surface area contributed by atoms with E-state index in [1.54, 1.807) is 7.11 Å². The Labute approximate surface area is 99.9 Å². The van der Waals surface area contributed by atoms with E-state index in [2.05, 4.69) is 41.9 Å². The van der Waals surface area contributed by atoms with Crippen molar-refractivity contribution >= 4 is 15.9 Å². The van der Waals surface area contributed by atoms with Gasteiger partial charge in [-0.05, 0) is 37.5 Å². The molecular weight excluding hydrogens is 254 g/mol. The van der Waals surface area contributed by atoms with Crippen LogP contribution in [0.25, 0.3) is 0 Å². The molecule has 1 aromatic rings. The zero-order valence-corrected chi connectivity index (χ0v) is 11.3. The lowest BCUT2D eigenvalue weighted by Gasteiger charge is -2.29. The molecule has 0 aliphatic carbocycles. The molecule has 0 bridgehead atoms. The topological polar surface area (TPSA) is 35.2 Å². The van der Waals surface area contributed by atoms with Crippen LogP contribution in [0.15, 0.2) is 16.6 Å². The minimum Gasteiger partial charge on any atom is -0.372 e. The van der Waals surface area contributed by atoms with E-state index >= 15 is 0 Å². The summed E-state index contributed by atoms with van der Waals surface area (Å²) in [6.45, 7) is 6.64. The maximum Gasteiger partial charge on any atom is 0.102 e. The molecule has 15 heavy (non-hydrogen) atoms. The molecule has 0 radical (unpaired) electrons. The van der Waals surface area contributed by atoms with Gasteiger partial charge in [-0.1, -0.05) is 28.1 Å². The molecule has 1 rings (SSSR count). The molecule has 0 spiro atoms. The van der Waals surface area contributed by atoms with Gasteiger partial charge in [0.1, 0.15) is 5.60 Å². The normalized spacial score (nSPS) is 15.1. The van der Waals surface area contributed by atoms with E-state index in [9.17, 15) is 0 Å². The van der Waals surface area contributed by atoms with Crippen molar-refractivity contribution in [3.8, 4) is 0 Å². The number of benzene rings is 1. The van der Waals surface area contributed by atoms with Gasteiger partial charge in [0, 0.05) is 18.1 Å². The number of methoxy groups -OCH3 is 1. The average molecular weight is 272 g/mol. The van der Waals surface area contributed by atoms with Gasteiger partial charge in [0.15, 0.2) is 0 Å². The SMILES string of the molecule is COC(C)(CN)c1ccc(C)c(Br)c1C. The molecule has 1 atom stereocenters. The summed E-state index contributed by atoms with van der Waals surface area (Å²) >= 11 is 3.58. The highest BCUT2D eigenvalue weighted by atomic mass is 79.9. The van der Waals surface area contributed by atoms with Crippen LogP contribution in [-0.4, -0.2) is 13.7 Å². The largest absolute Gasteiger partial charge is 0.372 e. The van der Waals surface area contributed by atoms with Crippen molar-refractivity contribution in [1.82, 2.24) is 0 Å². The van der Waals surface area contributed by atoms with Crippen molar-refractivity contribution in [3.63, 3.8) is 0 Å². The molecule has 2 nitrogen and oxygen atoms in total. The summed E-state index contributed by atoms with van der Waals surface area (Å²) in [5, 5.41) is 0. The van der Waals surface area contributed by atoms with E-state index < -0.39 is 5.60 Å². The molecule has 1 unspecified atom stereocenters. The summed E-state index contributed by atoms with van der Waals surface area (Å²) in [4.78, 5) is 0. The van der Waals surface area contributed by atoms with E-state index in [4.69, 9.17) is 10.5 Å². The summed E-state index contributed by atoms with van der Waals surface area (Å²) in [6, 6.07) is 4.17. The smallest absolute Gasteiger partial charge is 0.102 e. The molecule has 0 aliphatic rings. The molecular formula is C12H18BrNO. The van der Waals surface area contributed by atoms with E-state index in [0.29, 0.717) is 6.54 Å². The van der Waals surface area contributed by atoms with Crippen LogP contribution in [0.5, 0.6) is 0 Å². The third-order valence-electron chi connectivity index (χ3n) is 2.99. The molecule has 2 N–H and O–H groups in total. The number of rotatable bonds is 3. The molecule has 0 heterocycles. The quantitative estimate of drug-likeness (QED) is 0.918. The van der Waals surface area contributed by atoms with Gasteiger partial charge in [0.25, 0.3) is 0 Å². The molecule has 0 aromatic heterocycles. The monoisotopic (exact) mass is 271 g/mol. The second-order valence-corrected chi connectivity index (χ2v) is 4.80. The highest BCUT2D eigenvalue weighted by molar-refractivity contribution is 9.10. The van der Waals surface area contributed by atoms with Gasteiger partial charge in [0.2, 0.25) is 0 Å². The van der Waals surface area contributed by atoms with Crippen molar-refractivity contribution in [2.24, 2.45) is 5.73 Å². The van der Waals surface area contributed by atoms with Gasteiger partial charge in [-0.15, -0.1) is 0 Å². The minimum atomic E-state index is -0.402. The average Bonchev–Trinajstić information content (AvgIpc) is 2.25.